The molecule has 1 amide bonds. The normalized spacial score (nSPS) is 16.6. The lowest BCUT2D eigenvalue weighted by molar-refractivity contribution is 0.0935. The Labute approximate surface area is 123 Å². The molecular weight excluding hydrogens is 264 g/mol. The summed E-state index contributed by atoms with van der Waals surface area (Å²) in [6.07, 6.45) is 1.85. The van der Waals surface area contributed by atoms with Gasteiger partial charge in [-0.2, -0.15) is 0 Å². The molecule has 108 valence electrons. The molecule has 3 rings (SSSR count). The van der Waals surface area contributed by atoms with Crippen LogP contribution in [0, 0.1) is 13.8 Å². The SMILES string of the molecule is Cc1ccc2c(c1)CCC2NC(=O)c1ccc(C)[nH]c1=O. The lowest BCUT2D eigenvalue weighted by Crippen LogP contribution is -2.32. The van der Waals surface area contributed by atoms with E-state index in [0.717, 1.165) is 24.1 Å². The molecule has 4 nitrogen and oxygen atoms in total. The predicted octanol–water partition coefficient (Wildman–Crippen LogP) is 2.41. The Morgan fingerprint density at radius 2 is 2.05 bits per heavy atom. The van der Waals surface area contributed by atoms with Gasteiger partial charge in [0.1, 0.15) is 5.56 Å². The number of carbonyl (C=O) groups is 1. The molecule has 0 saturated carbocycles. The molecule has 4 heteroatoms. The summed E-state index contributed by atoms with van der Waals surface area (Å²) in [4.78, 5) is 26.8. The largest absolute Gasteiger partial charge is 0.345 e. The molecule has 1 unspecified atom stereocenters. The second-order valence-electron chi connectivity index (χ2n) is 5.65. The lowest BCUT2D eigenvalue weighted by Gasteiger charge is -2.14. The topological polar surface area (TPSA) is 62.0 Å². The summed E-state index contributed by atoms with van der Waals surface area (Å²) in [6, 6.07) is 9.61. The first-order chi connectivity index (χ1) is 10.0. The van der Waals surface area contributed by atoms with Gasteiger partial charge in [0.25, 0.3) is 11.5 Å². The van der Waals surface area contributed by atoms with Crippen LogP contribution < -0.4 is 10.9 Å². The van der Waals surface area contributed by atoms with E-state index >= 15 is 0 Å². The third-order valence-corrected chi connectivity index (χ3v) is 3.98. The number of rotatable bonds is 2. The highest BCUT2D eigenvalue weighted by molar-refractivity contribution is 5.94. The van der Waals surface area contributed by atoms with E-state index in [9.17, 15) is 9.59 Å². The monoisotopic (exact) mass is 282 g/mol. The molecule has 2 N–H and O–H groups in total. The van der Waals surface area contributed by atoms with Gasteiger partial charge in [-0.15, -0.1) is 0 Å². The molecule has 1 aliphatic rings. The van der Waals surface area contributed by atoms with Crippen LogP contribution in [0.25, 0.3) is 0 Å². The number of pyridine rings is 1. The Balaban J connectivity index is 1.82. The lowest BCUT2D eigenvalue weighted by atomic mass is 10.1. The molecule has 1 aromatic heterocycles. The van der Waals surface area contributed by atoms with E-state index < -0.39 is 0 Å². The van der Waals surface area contributed by atoms with E-state index in [2.05, 4.69) is 35.4 Å². The van der Waals surface area contributed by atoms with Crippen LogP contribution in [0.5, 0.6) is 0 Å². The maximum Gasteiger partial charge on any atom is 0.260 e. The number of fused-ring (bicyclic) bond motifs is 1. The highest BCUT2D eigenvalue weighted by atomic mass is 16.2. The number of aromatic nitrogens is 1. The van der Waals surface area contributed by atoms with Crippen LogP contribution in [0.1, 0.15) is 45.2 Å². The molecule has 1 aliphatic carbocycles. The minimum Gasteiger partial charge on any atom is -0.345 e. The summed E-state index contributed by atoms with van der Waals surface area (Å²) in [5.41, 5.74) is 4.26. The van der Waals surface area contributed by atoms with E-state index in [0.29, 0.717) is 0 Å². The van der Waals surface area contributed by atoms with E-state index in [4.69, 9.17) is 0 Å². The second kappa shape index (κ2) is 5.20. The Morgan fingerprint density at radius 1 is 1.24 bits per heavy atom. The van der Waals surface area contributed by atoms with Gasteiger partial charge in [0.05, 0.1) is 6.04 Å². The van der Waals surface area contributed by atoms with Crippen molar-refractivity contribution in [1.82, 2.24) is 10.3 Å². The molecule has 2 aromatic rings. The van der Waals surface area contributed by atoms with Crippen LogP contribution in [0.2, 0.25) is 0 Å². The van der Waals surface area contributed by atoms with Crippen molar-refractivity contribution in [3.05, 3.63) is 68.6 Å². The van der Waals surface area contributed by atoms with E-state index in [1.165, 1.54) is 11.1 Å². The average molecular weight is 282 g/mol. The maximum absolute atomic E-state index is 12.3. The molecule has 1 aromatic carbocycles. The van der Waals surface area contributed by atoms with Crippen molar-refractivity contribution in [3.8, 4) is 0 Å². The molecule has 0 fully saturated rings. The van der Waals surface area contributed by atoms with Crippen molar-refractivity contribution in [3.63, 3.8) is 0 Å². The molecule has 1 heterocycles. The standard InChI is InChI=1S/C17H18N2O2/c1-10-3-6-13-12(9-10)5-8-15(13)19-17(21)14-7-4-11(2)18-16(14)20/h3-4,6-7,9,15H,5,8H2,1-2H3,(H,18,20)(H,19,21). The zero-order valence-corrected chi connectivity index (χ0v) is 12.2. The van der Waals surface area contributed by atoms with Gasteiger partial charge in [-0.1, -0.05) is 23.8 Å². The maximum atomic E-state index is 12.3. The van der Waals surface area contributed by atoms with Gasteiger partial charge in [-0.25, -0.2) is 0 Å². The average Bonchev–Trinajstić information content (AvgIpc) is 2.80. The summed E-state index contributed by atoms with van der Waals surface area (Å²) in [6.45, 7) is 3.86. The zero-order valence-electron chi connectivity index (χ0n) is 12.2. The Morgan fingerprint density at radius 3 is 2.81 bits per heavy atom. The Kier molecular flexibility index (Phi) is 3.37. The molecule has 0 aliphatic heterocycles. The fourth-order valence-corrected chi connectivity index (χ4v) is 2.88. The van der Waals surface area contributed by atoms with E-state index in [-0.39, 0.29) is 23.1 Å². The number of H-pyrrole nitrogens is 1. The molecule has 21 heavy (non-hydrogen) atoms. The van der Waals surface area contributed by atoms with Crippen molar-refractivity contribution >= 4 is 5.91 Å². The van der Waals surface area contributed by atoms with Gasteiger partial charge < -0.3 is 10.3 Å². The predicted molar refractivity (Wildman–Crippen MR) is 81.5 cm³/mol. The minimum absolute atomic E-state index is 0.00574. The van der Waals surface area contributed by atoms with Crippen LogP contribution in [0.3, 0.4) is 0 Å². The van der Waals surface area contributed by atoms with Crippen molar-refractivity contribution in [2.24, 2.45) is 0 Å². The number of hydrogen-bond donors (Lipinski definition) is 2. The van der Waals surface area contributed by atoms with Crippen LogP contribution in [-0.2, 0) is 6.42 Å². The Bertz CT molecular complexity index is 762. The molecule has 0 spiro atoms. The molecule has 0 saturated heterocycles. The molecule has 0 radical (unpaired) electrons. The number of hydrogen-bond acceptors (Lipinski definition) is 2. The fourth-order valence-electron chi connectivity index (χ4n) is 2.88. The minimum atomic E-state index is -0.338. The van der Waals surface area contributed by atoms with Gasteiger partial charge in [0, 0.05) is 5.69 Å². The number of aromatic amines is 1. The van der Waals surface area contributed by atoms with Crippen LogP contribution in [-0.4, -0.2) is 10.9 Å². The fraction of sp³-hybridized carbons (Fsp3) is 0.294. The third kappa shape index (κ3) is 2.61. The number of aryl methyl sites for hydroxylation is 3. The van der Waals surface area contributed by atoms with Crippen molar-refractivity contribution in [2.45, 2.75) is 32.7 Å². The number of amides is 1. The second-order valence-corrected chi connectivity index (χ2v) is 5.65. The summed E-state index contributed by atoms with van der Waals surface area (Å²) in [5, 5.41) is 2.97. The zero-order chi connectivity index (χ0) is 15.0. The first-order valence-electron chi connectivity index (χ1n) is 7.15. The third-order valence-electron chi connectivity index (χ3n) is 3.98. The smallest absolute Gasteiger partial charge is 0.260 e. The summed E-state index contributed by atoms with van der Waals surface area (Å²) in [7, 11) is 0. The van der Waals surface area contributed by atoms with Gasteiger partial charge in [0.15, 0.2) is 0 Å². The highest BCUT2D eigenvalue weighted by Gasteiger charge is 2.24. The number of benzene rings is 1. The van der Waals surface area contributed by atoms with Gasteiger partial charge in [0.2, 0.25) is 0 Å². The van der Waals surface area contributed by atoms with Crippen LogP contribution in [0.4, 0.5) is 0 Å². The van der Waals surface area contributed by atoms with Gasteiger partial charge in [-0.05, 0) is 49.9 Å². The summed E-state index contributed by atoms with van der Waals surface area (Å²) >= 11 is 0. The van der Waals surface area contributed by atoms with Crippen LogP contribution >= 0.6 is 0 Å². The van der Waals surface area contributed by atoms with E-state index in [1.807, 2.05) is 0 Å². The molecule has 1 atom stereocenters. The first-order valence-corrected chi connectivity index (χ1v) is 7.15. The quantitative estimate of drug-likeness (QED) is 0.888. The number of carbonyl (C=O) groups excluding carboxylic acids is 1. The number of nitrogens with one attached hydrogen (secondary N) is 2. The highest BCUT2D eigenvalue weighted by Crippen LogP contribution is 2.31. The van der Waals surface area contributed by atoms with Crippen molar-refractivity contribution in [1.29, 1.82) is 0 Å². The Hall–Kier alpha value is -2.36. The van der Waals surface area contributed by atoms with Gasteiger partial charge in [-0.3, -0.25) is 9.59 Å². The summed E-state index contributed by atoms with van der Waals surface area (Å²) in [5.74, 6) is -0.310. The van der Waals surface area contributed by atoms with Gasteiger partial charge >= 0.3 is 0 Å². The van der Waals surface area contributed by atoms with Crippen molar-refractivity contribution in [2.75, 3.05) is 0 Å². The molecular formula is C17H18N2O2. The molecule has 0 bridgehead atoms. The van der Waals surface area contributed by atoms with E-state index in [1.54, 1.807) is 19.1 Å². The van der Waals surface area contributed by atoms with Crippen molar-refractivity contribution < 1.29 is 4.79 Å². The first kappa shape index (κ1) is 13.6. The summed E-state index contributed by atoms with van der Waals surface area (Å²) < 4.78 is 0. The van der Waals surface area contributed by atoms with Crippen LogP contribution in [0.15, 0.2) is 35.1 Å².